The van der Waals surface area contributed by atoms with Crippen LogP contribution in [-0.4, -0.2) is 43.0 Å². The van der Waals surface area contributed by atoms with Crippen molar-refractivity contribution < 1.29 is 37.0 Å². The summed E-state index contributed by atoms with van der Waals surface area (Å²) in [4.78, 5) is 25.2. The molecule has 0 aliphatic rings. The monoisotopic (exact) mass is 468 g/mol. The second-order valence-corrected chi connectivity index (χ2v) is 6.75. The summed E-state index contributed by atoms with van der Waals surface area (Å²) in [6, 6.07) is 10.1. The van der Waals surface area contributed by atoms with E-state index >= 15 is 0 Å². The van der Waals surface area contributed by atoms with Crippen LogP contribution in [0.4, 0.5) is 13.2 Å². The number of benzene rings is 2. The zero-order valence-electron chi connectivity index (χ0n) is 17.0. The maximum absolute atomic E-state index is 13.6. The highest BCUT2D eigenvalue weighted by Crippen LogP contribution is 2.43. The number of esters is 2. The van der Waals surface area contributed by atoms with E-state index in [0.717, 1.165) is 38.1 Å². The highest BCUT2D eigenvalue weighted by atomic mass is 35.5. The Morgan fingerprint density at radius 1 is 1.00 bits per heavy atom. The number of aromatic nitrogens is 2. The van der Waals surface area contributed by atoms with Crippen LogP contribution in [-0.2, 0) is 15.7 Å². The van der Waals surface area contributed by atoms with Crippen molar-refractivity contribution in [3.63, 3.8) is 0 Å². The van der Waals surface area contributed by atoms with Crippen LogP contribution in [0.3, 0.4) is 0 Å². The van der Waals surface area contributed by atoms with Gasteiger partial charge < -0.3 is 14.2 Å². The van der Waals surface area contributed by atoms with Crippen molar-refractivity contribution >= 4 is 23.5 Å². The molecule has 3 aromatic rings. The van der Waals surface area contributed by atoms with Crippen molar-refractivity contribution in [1.29, 1.82) is 0 Å². The number of halogens is 4. The number of nitrogens with zero attached hydrogens (tertiary/aromatic N) is 2. The number of rotatable bonds is 5. The molecule has 0 N–H and O–H groups in total. The van der Waals surface area contributed by atoms with Crippen molar-refractivity contribution in [2.45, 2.75) is 6.18 Å². The second-order valence-electron chi connectivity index (χ2n) is 6.34. The molecule has 1 aromatic heterocycles. The van der Waals surface area contributed by atoms with Crippen molar-refractivity contribution in [1.82, 2.24) is 9.78 Å². The van der Waals surface area contributed by atoms with Gasteiger partial charge in [-0.25, -0.2) is 14.3 Å². The van der Waals surface area contributed by atoms with Crippen LogP contribution in [0.1, 0.15) is 26.4 Å². The molecule has 0 spiro atoms. The molecule has 0 bridgehead atoms. The van der Waals surface area contributed by atoms with Crippen LogP contribution in [0.15, 0.2) is 42.5 Å². The molecular weight excluding hydrogens is 453 g/mol. The highest BCUT2D eigenvalue weighted by Gasteiger charge is 2.38. The van der Waals surface area contributed by atoms with Gasteiger partial charge in [0.1, 0.15) is 17.0 Å². The van der Waals surface area contributed by atoms with Gasteiger partial charge in [0.15, 0.2) is 5.69 Å². The third-order valence-corrected chi connectivity index (χ3v) is 4.76. The third kappa shape index (κ3) is 4.13. The molecule has 11 heteroatoms. The van der Waals surface area contributed by atoms with Gasteiger partial charge in [0, 0.05) is 5.56 Å². The molecule has 0 fully saturated rings. The normalized spacial score (nSPS) is 11.2. The number of hydrogen-bond acceptors (Lipinski definition) is 6. The number of para-hydroxylation sites is 1. The van der Waals surface area contributed by atoms with Crippen LogP contribution in [0, 0.1) is 0 Å². The SMILES string of the molecule is COC(=O)c1c(-c2cc(Cl)c(OC)c(C(F)(F)F)c2)nn(-c2ccccc2)c1C(=O)OC. The minimum atomic E-state index is -4.82. The first-order chi connectivity index (χ1) is 15.1. The molecule has 0 amide bonds. The predicted molar refractivity (Wildman–Crippen MR) is 108 cm³/mol. The van der Waals surface area contributed by atoms with Gasteiger partial charge >= 0.3 is 18.1 Å². The van der Waals surface area contributed by atoms with Gasteiger partial charge in [0.05, 0.1) is 37.6 Å². The Kier molecular flexibility index (Phi) is 6.45. The Morgan fingerprint density at radius 3 is 2.16 bits per heavy atom. The summed E-state index contributed by atoms with van der Waals surface area (Å²) in [5.41, 5.74) is -1.94. The first-order valence-electron chi connectivity index (χ1n) is 8.94. The van der Waals surface area contributed by atoms with Gasteiger partial charge in [0.2, 0.25) is 0 Å². The lowest BCUT2D eigenvalue weighted by Crippen LogP contribution is -2.15. The Labute approximate surface area is 185 Å². The van der Waals surface area contributed by atoms with Crippen LogP contribution >= 0.6 is 11.6 Å². The molecular formula is C21H16ClF3N2O5. The van der Waals surface area contributed by atoms with E-state index < -0.39 is 29.4 Å². The van der Waals surface area contributed by atoms with Crippen molar-refractivity contribution in [2.24, 2.45) is 0 Å². The molecule has 168 valence electrons. The minimum Gasteiger partial charge on any atom is -0.495 e. The van der Waals surface area contributed by atoms with Gasteiger partial charge in [-0.05, 0) is 24.3 Å². The van der Waals surface area contributed by atoms with E-state index in [1.54, 1.807) is 30.3 Å². The fourth-order valence-corrected chi connectivity index (χ4v) is 3.40. The largest absolute Gasteiger partial charge is 0.495 e. The zero-order chi connectivity index (χ0) is 23.6. The molecule has 0 aliphatic carbocycles. The first-order valence-corrected chi connectivity index (χ1v) is 9.32. The zero-order valence-corrected chi connectivity index (χ0v) is 17.7. The molecule has 0 saturated carbocycles. The molecule has 0 unspecified atom stereocenters. The summed E-state index contributed by atoms with van der Waals surface area (Å²) in [7, 11) is 3.21. The Balaban J connectivity index is 2.42. The fraction of sp³-hybridized carbons (Fsp3) is 0.190. The summed E-state index contributed by atoms with van der Waals surface area (Å²) >= 11 is 6.04. The summed E-state index contributed by atoms with van der Waals surface area (Å²) in [6.07, 6.45) is -4.82. The van der Waals surface area contributed by atoms with E-state index in [9.17, 15) is 22.8 Å². The van der Waals surface area contributed by atoms with Crippen molar-refractivity contribution in [3.8, 4) is 22.7 Å². The number of carbonyl (C=O) groups is 2. The number of alkyl halides is 3. The molecule has 3 rings (SSSR count). The number of carbonyl (C=O) groups excluding carboxylic acids is 2. The summed E-state index contributed by atoms with van der Waals surface area (Å²) in [5, 5.41) is 3.90. The Morgan fingerprint density at radius 2 is 1.62 bits per heavy atom. The summed E-state index contributed by atoms with van der Waals surface area (Å²) in [5.74, 6) is -2.52. The van der Waals surface area contributed by atoms with Gasteiger partial charge in [0.25, 0.3) is 0 Å². The molecule has 0 atom stereocenters. The lowest BCUT2D eigenvalue weighted by Gasteiger charge is -2.15. The number of hydrogen-bond donors (Lipinski definition) is 0. The lowest BCUT2D eigenvalue weighted by atomic mass is 10.0. The number of methoxy groups -OCH3 is 3. The summed E-state index contributed by atoms with van der Waals surface area (Å²) in [6.45, 7) is 0. The molecule has 2 aromatic carbocycles. The van der Waals surface area contributed by atoms with Crippen LogP contribution < -0.4 is 4.74 Å². The fourth-order valence-electron chi connectivity index (χ4n) is 3.10. The van der Waals surface area contributed by atoms with E-state index in [-0.39, 0.29) is 27.5 Å². The van der Waals surface area contributed by atoms with Crippen LogP contribution in [0.25, 0.3) is 16.9 Å². The smallest absolute Gasteiger partial charge is 0.420 e. The second kappa shape index (κ2) is 8.91. The Hall–Kier alpha value is -3.53. The van der Waals surface area contributed by atoms with Gasteiger partial charge in [-0.3, -0.25) is 0 Å². The molecule has 32 heavy (non-hydrogen) atoms. The maximum Gasteiger partial charge on any atom is 0.420 e. The Bertz CT molecular complexity index is 1180. The van der Waals surface area contributed by atoms with Gasteiger partial charge in [-0.2, -0.15) is 18.3 Å². The molecule has 0 aliphatic heterocycles. The topological polar surface area (TPSA) is 79.7 Å². The molecule has 0 saturated heterocycles. The average molecular weight is 469 g/mol. The quantitative estimate of drug-likeness (QED) is 0.501. The van der Waals surface area contributed by atoms with E-state index in [4.69, 9.17) is 25.8 Å². The molecule has 7 nitrogen and oxygen atoms in total. The molecule has 0 radical (unpaired) electrons. The van der Waals surface area contributed by atoms with Gasteiger partial charge in [-0.15, -0.1) is 0 Å². The standard InChI is InChI=1S/C21H16ClF3N2O5/c1-30-18-13(21(23,24)25)9-11(10-14(18)22)16-15(19(28)31-2)17(20(29)32-3)27(26-16)12-7-5-4-6-8-12/h4-10H,1-3H3. The van der Waals surface area contributed by atoms with Crippen LogP contribution in [0.2, 0.25) is 5.02 Å². The lowest BCUT2D eigenvalue weighted by molar-refractivity contribution is -0.138. The summed E-state index contributed by atoms with van der Waals surface area (Å²) < 4.78 is 56.4. The number of ether oxygens (including phenoxy) is 3. The molecule has 1 heterocycles. The van der Waals surface area contributed by atoms with Crippen molar-refractivity contribution in [3.05, 3.63) is 64.3 Å². The van der Waals surface area contributed by atoms with Gasteiger partial charge in [-0.1, -0.05) is 29.8 Å². The average Bonchev–Trinajstić information content (AvgIpc) is 3.18. The van der Waals surface area contributed by atoms with Crippen LogP contribution in [0.5, 0.6) is 5.75 Å². The van der Waals surface area contributed by atoms with Crippen molar-refractivity contribution in [2.75, 3.05) is 21.3 Å². The minimum absolute atomic E-state index is 0.177. The first kappa shape index (κ1) is 23.1. The van der Waals surface area contributed by atoms with E-state index in [0.29, 0.717) is 5.69 Å². The third-order valence-electron chi connectivity index (χ3n) is 4.48. The van der Waals surface area contributed by atoms with E-state index in [1.807, 2.05) is 0 Å². The van der Waals surface area contributed by atoms with E-state index in [1.165, 1.54) is 0 Å². The predicted octanol–water partition coefficient (Wildman–Crippen LogP) is 4.79. The van der Waals surface area contributed by atoms with E-state index in [2.05, 4.69) is 5.10 Å². The maximum atomic E-state index is 13.6. The highest BCUT2D eigenvalue weighted by molar-refractivity contribution is 6.32.